The van der Waals surface area contributed by atoms with E-state index >= 15 is 0 Å². The number of halogens is 3. The van der Waals surface area contributed by atoms with Crippen molar-refractivity contribution < 1.29 is 13.2 Å². The molecule has 0 bridgehead atoms. The molecule has 0 saturated heterocycles. The van der Waals surface area contributed by atoms with Crippen LogP contribution in [0.5, 0.6) is 0 Å². The largest absolute Gasteiger partial charge is 0.380 e. The molecule has 0 unspecified atom stereocenters. The topological polar surface area (TPSA) is 12.0 Å². The van der Waals surface area contributed by atoms with Gasteiger partial charge in [0.25, 0.3) is 0 Å². The van der Waals surface area contributed by atoms with Gasteiger partial charge in [-0.25, -0.2) is 13.2 Å². The second-order valence-electron chi connectivity index (χ2n) is 3.17. The van der Waals surface area contributed by atoms with Gasteiger partial charge in [-0.2, -0.15) is 0 Å². The van der Waals surface area contributed by atoms with Crippen LogP contribution in [-0.2, 0) is 0 Å². The van der Waals surface area contributed by atoms with Crippen LogP contribution in [0.25, 0.3) is 0 Å². The molecule has 13 heavy (non-hydrogen) atoms. The molecule has 1 N–H and O–H groups in total. The number of benzene rings is 1. The lowest BCUT2D eigenvalue weighted by Gasteiger charge is -2.06. The van der Waals surface area contributed by atoms with Crippen molar-refractivity contribution in [3.05, 3.63) is 29.6 Å². The van der Waals surface area contributed by atoms with E-state index in [9.17, 15) is 13.2 Å². The molecule has 0 amide bonds. The van der Waals surface area contributed by atoms with Crippen molar-refractivity contribution in [1.29, 1.82) is 0 Å². The first-order valence-electron chi connectivity index (χ1n) is 4.08. The van der Waals surface area contributed by atoms with Crippen molar-refractivity contribution in [2.75, 3.05) is 5.32 Å². The molecule has 0 heterocycles. The number of rotatable bonds is 2. The first kappa shape index (κ1) is 8.41. The summed E-state index contributed by atoms with van der Waals surface area (Å²) in [4.78, 5) is 0. The molecule has 0 aliphatic heterocycles. The van der Waals surface area contributed by atoms with Crippen LogP contribution in [0.1, 0.15) is 12.8 Å². The van der Waals surface area contributed by atoms with Gasteiger partial charge in [0.2, 0.25) is 0 Å². The minimum Gasteiger partial charge on any atom is -0.380 e. The summed E-state index contributed by atoms with van der Waals surface area (Å²) in [5.74, 6) is -2.92. The van der Waals surface area contributed by atoms with E-state index in [2.05, 4.69) is 5.32 Å². The predicted molar refractivity (Wildman–Crippen MR) is 43.0 cm³/mol. The average molecular weight is 187 g/mol. The minimum atomic E-state index is -1.15. The third-order valence-corrected chi connectivity index (χ3v) is 1.93. The van der Waals surface area contributed by atoms with Gasteiger partial charge in [0.15, 0.2) is 11.6 Å². The van der Waals surface area contributed by atoms with Gasteiger partial charge in [-0.15, -0.1) is 0 Å². The highest BCUT2D eigenvalue weighted by atomic mass is 19.2. The third-order valence-electron chi connectivity index (χ3n) is 1.93. The molecule has 1 aliphatic rings. The highest BCUT2D eigenvalue weighted by Crippen LogP contribution is 2.27. The lowest BCUT2D eigenvalue weighted by molar-refractivity contribution is 0.497. The summed E-state index contributed by atoms with van der Waals surface area (Å²) in [5.41, 5.74) is -0.0833. The van der Waals surface area contributed by atoms with E-state index in [0.29, 0.717) is 6.07 Å². The standard InChI is InChI=1S/C9H8F3N/c10-5-3-7(11)9(12)8(4-5)13-6-1-2-6/h3-4,6,13H,1-2H2. The summed E-state index contributed by atoms with van der Waals surface area (Å²) in [7, 11) is 0. The van der Waals surface area contributed by atoms with Crippen LogP contribution in [0.4, 0.5) is 18.9 Å². The summed E-state index contributed by atoms with van der Waals surface area (Å²) in [5, 5.41) is 2.71. The van der Waals surface area contributed by atoms with E-state index in [1.165, 1.54) is 0 Å². The fourth-order valence-corrected chi connectivity index (χ4v) is 1.11. The molecule has 0 atom stereocenters. The van der Waals surface area contributed by atoms with E-state index in [-0.39, 0.29) is 11.7 Å². The molecule has 1 aromatic rings. The van der Waals surface area contributed by atoms with Crippen LogP contribution in [-0.4, -0.2) is 6.04 Å². The molecule has 1 aromatic carbocycles. The Labute approximate surface area is 73.6 Å². The number of anilines is 1. The summed E-state index contributed by atoms with van der Waals surface area (Å²) in [6.45, 7) is 0. The highest BCUT2D eigenvalue weighted by Gasteiger charge is 2.23. The minimum absolute atomic E-state index is 0.0833. The van der Waals surface area contributed by atoms with Crippen molar-refractivity contribution in [3.8, 4) is 0 Å². The number of hydrogen-bond donors (Lipinski definition) is 1. The normalized spacial score (nSPS) is 15.9. The molecular formula is C9H8F3N. The van der Waals surface area contributed by atoms with Crippen LogP contribution in [0.15, 0.2) is 12.1 Å². The van der Waals surface area contributed by atoms with Crippen molar-refractivity contribution in [2.24, 2.45) is 0 Å². The summed E-state index contributed by atoms with van der Waals surface area (Å²) < 4.78 is 38.3. The Balaban J connectivity index is 2.30. The molecule has 1 aliphatic carbocycles. The molecule has 4 heteroatoms. The molecule has 2 rings (SSSR count). The average Bonchev–Trinajstić information content (AvgIpc) is 2.83. The maximum atomic E-state index is 13.0. The Morgan fingerprint density at radius 2 is 1.85 bits per heavy atom. The second kappa shape index (κ2) is 2.94. The molecule has 0 radical (unpaired) electrons. The maximum absolute atomic E-state index is 13.0. The number of nitrogens with one attached hydrogen (secondary N) is 1. The first-order valence-corrected chi connectivity index (χ1v) is 4.08. The SMILES string of the molecule is Fc1cc(F)c(F)c(NC2CC2)c1. The summed E-state index contributed by atoms with van der Waals surface area (Å²) in [6, 6.07) is 1.68. The molecule has 1 fully saturated rings. The summed E-state index contributed by atoms with van der Waals surface area (Å²) in [6.07, 6.45) is 1.86. The van der Waals surface area contributed by atoms with Crippen molar-refractivity contribution in [1.82, 2.24) is 0 Å². The first-order chi connectivity index (χ1) is 6.16. The Hall–Kier alpha value is -1.19. The zero-order valence-electron chi connectivity index (χ0n) is 6.78. The molecular weight excluding hydrogens is 179 g/mol. The van der Waals surface area contributed by atoms with Gasteiger partial charge in [-0.05, 0) is 12.8 Å². The zero-order valence-corrected chi connectivity index (χ0v) is 6.78. The quantitative estimate of drug-likeness (QED) is 0.702. The fourth-order valence-electron chi connectivity index (χ4n) is 1.11. The van der Waals surface area contributed by atoms with Crippen LogP contribution >= 0.6 is 0 Å². The van der Waals surface area contributed by atoms with E-state index < -0.39 is 17.5 Å². The Morgan fingerprint density at radius 3 is 2.46 bits per heavy atom. The Morgan fingerprint density at radius 1 is 1.15 bits per heavy atom. The predicted octanol–water partition coefficient (Wildman–Crippen LogP) is 2.68. The van der Waals surface area contributed by atoms with Gasteiger partial charge in [0.05, 0.1) is 5.69 Å². The van der Waals surface area contributed by atoms with Crippen molar-refractivity contribution in [2.45, 2.75) is 18.9 Å². The van der Waals surface area contributed by atoms with Crippen LogP contribution < -0.4 is 5.32 Å². The van der Waals surface area contributed by atoms with E-state index in [1.54, 1.807) is 0 Å². The van der Waals surface area contributed by atoms with E-state index in [0.717, 1.165) is 18.9 Å². The zero-order chi connectivity index (χ0) is 9.42. The Bertz CT molecular complexity index is 334. The van der Waals surface area contributed by atoms with Gasteiger partial charge in [-0.1, -0.05) is 0 Å². The van der Waals surface area contributed by atoms with Gasteiger partial charge in [0, 0.05) is 18.2 Å². The molecule has 1 saturated carbocycles. The number of hydrogen-bond acceptors (Lipinski definition) is 1. The molecule has 0 aromatic heterocycles. The van der Waals surface area contributed by atoms with Gasteiger partial charge in [0.1, 0.15) is 5.82 Å². The molecule has 0 spiro atoms. The monoisotopic (exact) mass is 187 g/mol. The van der Waals surface area contributed by atoms with Gasteiger partial charge < -0.3 is 5.32 Å². The smallest absolute Gasteiger partial charge is 0.182 e. The lowest BCUT2D eigenvalue weighted by Crippen LogP contribution is -2.04. The molecule has 1 nitrogen and oxygen atoms in total. The van der Waals surface area contributed by atoms with E-state index in [1.807, 2.05) is 0 Å². The van der Waals surface area contributed by atoms with Crippen LogP contribution in [0.2, 0.25) is 0 Å². The highest BCUT2D eigenvalue weighted by molar-refractivity contribution is 5.47. The van der Waals surface area contributed by atoms with Gasteiger partial charge >= 0.3 is 0 Å². The lowest BCUT2D eigenvalue weighted by atomic mass is 10.3. The van der Waals surface area contributed by atoms with Crippen molar-refractivity contribution >= 4 is 5.69 Å². The summed E-state index contributed by atoms with van der Waals surface area (Å²) >= 11 is 0. The van der Waals surface area contributed by atoms with Gasteiger partial charge in [-0.3, -0.25) is 0 Å². The molecule has 70 valence electrons. The fraction of sp³-hybridized carbons (Fsp3) is 0.333. The van der Waals surface area contributed by atoms with E-state index in [4.69, 9.17) is 0 Å². The second-order valence-corrected chi connectivity index (χ2v) is 3.17. The Kier molecular flexibility index (Phi) is 1.90. The van der Waals surface area contributed by atoms with Crippen LogP contribution in [0.3, 0.4) is 0 Å². The maximum Gasteiger partial charge on any atom is 0.182 e. The van der Waals surface area contributed by atoms with Crippen molar-refractivity contribution in [3.63, 3.8) is 0 Å². The van der Waals surface area contributed by atoms with Crippen LogP contribution in [0, 0.1) is 17.5 Å². The third kappa shape index (κ3) is 1.76.